The summed E-state index contributed by atoms with van der Waals surface area (Å²) in [5, 5.41) is 0. The maximum Gasteiger partial charge on any atom is 0.161 e. The Morgan fingerprint density at radius 2 is 1.94 bits per heavy atom. The van der Waals surface area contributed by atoms with Crippen LogP contribution in [0.2, 0.25) is 0 Å². The minimum absolute atomic E-state index is 0.343. The topological polar surface area (TPSA) is 87.0 Å². The summed E-state index contributed by atoms with van der Waals surface area (Å²) < 4.78 is 5.37. The number of ether oxygens (including phenoxy) is 1. The number of anilines is 1. The van der Waals surface area contributed by atoms with E-state index in [1.165, 1.54) is 0 Å². The highest BCUT2D eigenvalue weighted by atomic mass is 16.5. The summed E-state index contributed by atoms with van der Waals surface area (Å²) in [5.41, 5.74) is 13.0. The zero-order valence-corrected chi connectivity index (χ0v) is 10.3. The van der Waals surface area contributed by atoms with Crippen molar-refractivity contribution in [3.8, 4) is 17.1 Å². The predicted octanol–water partition coefficient (Wildman–Crippen LogP) is 1.58. The van der Waals surface area contributed by atoms with Crippen LogP contribution in [0.3, 0.4) is 0 Å². The summed E-state index contributed by atoms with van der Waals surface area (Å²) in [7, 11) is 0. The Morgan fingerprint density at radius 3 is 2.50 bits per heavy atom. The third-order valence-electron chi connectivity index (χ3n) is 2.54. The molecule has 1 heterocycles. The zero-order valence-electron chi connectivity index (χ0n) is 10.3. The molecule has 94 valence electrons. The standard InChI is InChI=1S/C13H16N4O/c1-2-18-11-5-3-9(4-6-11)13-16-8-10(7-14)12(15)17-13/h3-6,8H,2,7,14H2,1H3,(H2,15,16,17). The SMILES string of the molecule is CCOc1ccc(-c2ncc(CN)c(N)n2)cc1. The maximum absolute atomic E-state index is 5.79. The molecule has 2 aromatic rings. The van der Waals surface area contributed by atoms with Crippen molar-refractivity contribution in [2.45, 2.75) is 13.5 Å². The Morgan fingerprint density at radius 1 is 1.22 bits per heavy atom. The van der Waals surface area contributed by atoms with Crippen LogP contribution >= 0.6 is 0 Å². The summed E-state index contributed by atoms with van der Waals surface area (Å²) in [6.07, 6.45) is 1.66. The van der Waals surface area contributed by atoms with Gasteiger partial charge in [-0.3, -0.25) is 0 Å². The monoisotopic (exact) mass is 244 g/mol. The van der Waals surface area contributed by atoms with Gasteiger partial charge in [0, 0.05) is 23.9 Å². The van der Waals surface area contributed by atoms with Gasteiger partial charge in [-0.05, 0) is 31.2 Å². The Kier molecular flexibility index (Phi) is 3.74. The van der Waals surface area contributed by atoms with Crippen molar-refractivity contribution in [1.29, 1.82) is 0 Å². The number of benzene rings is 1. The van der Waals surface area contributed by atoms with Gasteiger partial charge in [-0.1, -0.05) is 0 Å². The van der Waals surface area contributed by atoms with Gasteiger partial charge >= 0.3 is 0 Å². The van der Waals surface area contributed by atoms with Gasteiger partial charge in [0.25, 0.3) is 0 Å². The fourth-order valence-electron chi connectivity index (χ4n) is 1.58. The first-order valence-corrected chi connectivity index (χ1v) is 5.79. The number of hydrogen-bond acceptors (Lipinski definition) is 5. The second kappa shape index (κ2) is 5.46. The Labute approximate surface area is 106 Å². The average molecular weight is 244 g/mol. The molecule has 0 aliphatic rings. The Bertz CT molecular complexity index is 525. The van der Waals surface area contributed by atoms with Crippen LogP contribution in [0.4, 0.5) is 5.82 Å². The molecule has 0 amide bonds. The lowest BCUT2D eigenvalue weighted by Crippen LogP contribution is -2.05. The van der Waals surface area contributed by atoms with E-state index in [0.717, 1.165) is 16.9 Å². The summed E-state index contributed by atoms with van der Waals surface area (Å²) in [6, 6.07) is 7.58. The lowest BCUT2D eigenvalue weighted by atomic mass is 10.2. The summed E-state index contributed by atoms with van der Waals surface area (Å²) in [5.74, 6) is 1.84. The van der Waals surface area contributed by atoms with E-state index in [0.29, 0.717) is 24.8 Å². The minimum Gasteiger partial charge on any atom is -0.494 e. The molecule has 5 heteroatoms. The molecule has 1 aromatic carbocycles. The first-order valence-electron chi connectivity index (χ1n) is 5.79. The second-order valence-electron chi connectivity index (χ2n) is 3.77. The largest absolute Gasteiger partial charge is 0.494 e. The second-order valence-corrected chi connectivity index (χ2v) is 3.77. The van der Waals surface area contributed by atoms with Gasteiger partial charge in [0.05, 0.1) is 6.61 Å². The fraction of sp³-hybridized carbons (Fsp3) is 0.231. The van der Waals surface area contributed by atoms with Gasteiger partial charge in [-0.2, -0.15) is 0 Å². The molecule has 0 atom stereocenters. The van der Waals surface area contributed by atoms with Crippen LogP contribution in [-0.2, 0) is 6.54 Å². The maximum atomic E-state index is 5.79. The lowest BCUT2D eigenvalue weighted by molar-refractivity contribution is 0.340. The summed E-state index contributed by atoms with van der Waals surface area (Å²) in [4.78, 5) is 8.48. The molecule has 0 bridgehead atoms. The summed E-state index contributed by atoms with van der Waals surface area (Å²) >= 11 is 0. The van der Waals surface area contributed by atoms with Crippen molar-refractivity contribution in [2.24, 2.45) is 5.73 Å². The van der Waals surface area contributed by atoms with Crippen molar-refractivity contribution < 1.29 is 4.74 Å². The molecule has 0 aliphatic heterocycles. The van der Waals surface area contributed by atoms with Crippen molar-refractivity contribution >= 4 is 5.82 Å². The van der Waals surface area contributed by atoms with Gasteiger partial charge < -0.3 is 16.2 Å². The van der Waals surface area contributed by atoms with Crippen LogP contribution in [0.15, 0.2) is 30.5 Å². The zero-order chi connectivity index (χ0) is 13.0. The molecule has 1 aromatic heterocycles. The molecule has 0 aliphatic carbocycles. The normalized spacial score (nSPS) is 10.3. The average Bonchev–Trinajstić information content (AvgIpc) is 2.40. The van der Waals surface area contributed by atoms with Crippen molar-refractivity contribution in [3.63, 3.8) is 0 Å². The van der Waals surface area contributed by atoms with E-state index >= 15 is 0 Å². The number of hydrogen-bond donors (Lipinski definition) is 2. The van der Waals surface area contributed by atoms with Gasteiger partial charge in [0.15, 0.2) is 5.82 Å². The van der Waals surface area contributed by atoms with Crippen molar-refractivity contribution in [1.82, 2.24) is 9.97 Å². The van der Waals surface area contributed by atoms with Crippen LogP contribution in [0.25, 0.3) is 11.4 Å². The molecule has 18 heavy (non-hydrogen) atoms. The number of nitrogens with two attached hydrogens (primary N) is 2. The smallest absolute Gasteiger partial charge is 0.161 e. The third kappa shape index (κ3) is 2.57. The van der Waals surface area contributed by atoms with Gasteiger partial charge in [0.1, 0.15) is 11.6 Å². The molecule has 0 spiro atoms. The third-order valence-corrected chi connectivity index (χ3v) is 2.54. The summed E-state index contributed by atoms with van der Waals surface area (Å²) in [6.45, 7) is 2.94. The van der Waals surface area contributed by atoms with E-state index in [1.54, 1.807) is 6.20 Å². The van der Waals surface area contributed by atoms with Crippen molar-refractivity contribution in [2.75, 3.05) is 12.3 Å². The predicted molar refractivity (Wildman–Crippen MR) is 70.9 cm³/mol. The van der Waals surface area contributed by atoms with E-state index in [-0.39, 0.29) is 0 Å². The van der Waals surface area contributed by atoms with E-state index in [1.807, 2.05) is 31.2 Å². The molecular formula is C13H16N4O. The highest BCUT2D eigenvalue weighted by Crippen LogP contribution is 2.20. The van der Waals surface area contributed by atoms with Gasteiger partial charge in [-0.15, -0.1) is 0 Å². The fourth-order valence-corrected chi connectivity index (χ4v) is 1.58. The number of aromatic nitrogens is 2. The molecule has 0 unspecified atom stereocenters. The molecule has 0 saturated carbocycles. The van der Waals surface area contributed by atoms with Crippen LogP contribution in [0.5, 0.6) is 5.75 Å². The Balaban J connectivity index is 2.28. The molecule has 0 fully saturated rings. The van der Waals surface area contributed by atoms with E-state index in [2.05, 4.69) is 9.97 Å². The molecule has 4 N–H and O–H groups in total. The molecule has 5 nitrogen and oxygen atoms in total. The quantitative estimate of drug-likeness (QED) is 0.852. The van der Waals surface area contributed by atoms with E-state index < -0.39 is 0 Å². The van der Waals surface area contributed by atoms with E-state index in [4.69, 9.17) is 16.2 Å². The van der Waals surface area contributed by atoms with Crippen LogP contribution in [0.1, 0.15) is 12.5 Å². The lowest BCUT2D eigenvalue weighted by Gasteiger charge is -2.06. The first-order chi connectivity index (χ1) is 8.74. The van der Waals surface area contributed by atoms with Gasteiger partial charge in [-0.25, -0.2) is 9.97 Å². The molecule has 0 saturated heterocycles. The minimum atomic E-state index is 0.343. The highest BCUT2D eigenvalue weighted by Gasteiger charge is 2.05. The van der Waals surface area contributed by atoms with Crippen LogP contribution in [0, 0.1) is 0 Å². The van der Waals surface area contributed by atoms with E-state index in [9.17, 15) is 0 Å². The number of rotatable bonds is 4. The molecule has 0 radical (unpaired) electrons. The van der Waals surface area contributed by atoms with Gasteiger partial charge in [0.2, 0.25) is 0 Å². The van der Waals surface area contributed by atoms with Crippen molar-refractivity contribution in [3.05, 3.63) is 36.0 Å². The number of nitrogen functional groups attached to an aromatic ring is 1. The first kappa shape index (κ1) is 12.3. The molecular weight excluding hydrogens is 228 g/mol. The van der Waals surface area contributed by atoms with Crippen LogP contribution < -0.4 is 16.2 Å². The number of nitrogens with zero attached hydrogens (tertiary/aromatic N) is 2. The van der Waals surface area contributed by atoms with Crippen LogP contribution in [-0.4, -0.2) is 16.6 Å². The molecule has 2 rings (SSSR count). The highest BCUT2D eigenvalue weighted by molar-refractivity contribution is 5.58. The Hall–Kier alpha value is -2.14.